The Balaban J connectivity index is 2.60. The molecule has 2 aromatic rings. The molecule has 104 valence electrons. The fraction of sp³-hybridized carbons (Fsp3) is 0.250. The van der Waals surface area contributed by atoms with E-state index >= 15 is 0 Å². The van der Waals surface area contributed by atoms with Crippen LogP contribution < -0.4 is 11.3 Å². The molecule has 1 heterocycles. The van der Waals surface area contributed by atoms with Gasteiger partial charge in [-0.25, -0.2) is 0 Å². The fourth-order valence-electron chi connectivity index (χ4n) is 2.17. The van der Waals surface area contributed by atoms with Gasteiger partial charge in [0, 0.05) is 6.54 Å². The maximum atomic E-state index is 12.5. The lowest BCUT2D eigenvalue weighted by Gasteiger charge is -2.14. The molecule has 0 aliphatic heterocycles. The molecule has 2 N–H and O–H groups in total. The van der Waals surface area contributed by atoms with Crippen molar-refractivity contribution in [3.63, 3.8) is 0 Å². The third kappa shape index (κ3) is 2.96. The first-order valence-electron chi connectivity index (χ1n) is 6.74. The number of unbranched alkanes of at least 4 members (excludes halogenated alkanes) is 1. The van der Waals surface area contributed by atoms with Gasteiger partial charge in [0.15, 0.2) is 0 Å². The van der Waals surface area contributed by atoms with Crippen LogP contribution in [-0.4, -0.2) is 9.56 Å². The van der Waals surface area contributed by atoms with Crippen LogP contribution in [0.5, 0.6) is 0 Å². The van der Waals surface area contributed by atoms with Gasteiger partial charge in [0.2, 0.25) is 0 Å². The molecule has 0 bridgehead atoms. The number of thiocarbonyl (C=S) groups is 1. The minimum atomic E-state index is -0.104. The van der Waals surface area contributed by atoms with Gasteiger partial charge in [-0.15, -0.1) is 0 Å². The molecule has 0 aliphatic carbocycles. The molecule has 1 aromatic heterocycles. The van der Waals surface area contributed by atoms with Crippen molar-refractivity contribution in [3.05, 3.63) is 58.4 Å². The highest BCUT2D eigenvalue weighted by Gasteiger charge is 2.11. The number of pyridine rings is 1. The highest BCUT2D eigenvalue weighted by atomic mass is 32.1. The Morgan fingerprint density at radius 2 is 1.90 bits per heavy atom. The molecule has 0 amide bonds. The summed E-state index contributed by atoms with van der Waals surface area (Å²) in [6.07, 6.45) is 1.97. The molecule has 0 fully saturated rings. The van der Waals surface area contributed by atoms with Crippen molar-refractivity contribution in [2.45, 2.75) is 26.3 Å². The predicted octanol–water partition coefficient (Wildman–Crippen LogP) is 2.95. The highest BCUT2D eigenvalue weighted by molar-refractivity contribution is 7.80. The van der Waals surface area contributed by atoms with E-state index in [1.165, 1.54) is 0 Å². The smallest absolute Gasteiger partial charge is 0.261 e. The maximum Gasteiger partial charge on any atom is 0.261 e. The summed E-state index contributed by atoms with van der Waals surface area (Å²) in [6, 6.07) is 13.5. The largest absolute Gasteiger partial charge is 0.389 e. The first kappa shape index (κ1) is 14.5. The van der Waals surface area contributed by atoms with Gasteiger partial charge in [0.25, 0.3) is 5.56 Å². The van der Waals surface area contributed by atoms with Gasteiger partial charge in [0.05, 0.1) is 11.3 Å². The third-order valence-corrected chi connectivity index (χ3v) is 3.46. The van der Waals surface area contributed by atoms with Crippen LogP contribution in [0, 0.1) is 0 Å². The van der Waals surface area contributed by atoms with E-state index in [4.69, 9.17) is 18.0 Å². The second-order valence-electron chi connectivity index (χ2n) is 4.67. The Kier molecular flexibility index (Phi) is 4.69. The Hall–Kier alpha value is -1.94. The zero-order valence-corrected chi connectivity index (χ0v) is 12.3. The summed E-state index contributed by atoms with van der Waals surface area (Å²) < 4.78 is 1.77. The number of nitrogens with two attached hydrogens (primary N) is 1. The van der Waals surface area contributed by atoms with Crippen LogP contribution in [0.25, 0.3) is 11.3 Å². The van der Waals surface area contributed by atoms with Crippen LogP contribution in [-0.2, 0) is 6.54 Å². The zero-order chi connectivity index (χ0) is 14.5. The van der Waals surface area contributed by atoms with Crippen molar-refractivity contribution >= 4 is 17.2 Å². The first-order valence-corrected chi connectivity index (χ1v) is 7.15. The molecule has 4 heteroatoms. The molecular weight excluding hydrogens is 268 g/mol. The average Bonchev–Trinajstić information content (AvgIpc) is 2.46. The lowest BCUT2D eigenvalue weighted by atomic mass is 10.1. The molecule has 0 unspecified atom stereocenters. The Morgan fingerprint density at radius 1 is 1.20 bits per heavy atom. The molecule has 0 aliphatic rings. The van der Waals surface area contributed by atoms with Crippen molar-refractivity contribution in [1.29, 1.82) is 0 Å². The monoisotopic (exact) mass is 286 g/mol. The molecule has 0 radical (unpaired) electrons. The topological polar surface area (TPSA) is 48.0 Å². The zero-order valence-electron chi connectivity index (χ0n) is 11.5. The number of benzene rings is 1. The number of hydrogen-bond donors (Lipinski definition) is 1. The predicted molar refractivity (Wildman–Crippen MR) is 86.9 cm³/mol. The van der Waals surface area contributed by atoms with E-state index in [-0.39, 0.29) is 10.5 Å². The summed E-state index contributed by atoms with van der Waals surface area (Å²) in [6.45, 7) is 2.78. The van der Waals surface area contributed by atoms with Gasteiger partial charge in [-0.05, 0) is 24.1 Å². The SMILES string of the molecule is CCCCn1c(-c2ccccc2)ccc(C(N)=S)c1=O. The summed E-state index contributed by atoms with van der Waals surface area (Å²) in [5.41, 5.74) is 7.86. The van der Waals surface area contributed by atoms with Gasteiger partial charge in [-0.3, -0.25) is 4.79 Å². The summed E-state index contributed by atoms with van der Waals surface area (Å²) in [7, 11) is 0. The minimum Gasteiger partial charge on any atom is -0.389 e. The van der Waals surface area contributed by atoms with E-state index < -0.39 is 0 Å². The standard InChI is InChI=1S/C16H18N2OS/c1-2-3-11-18-14(12-7-5-4-6-8-12)10-9-13(15(17)20)16(18)19/h4-10H,2-3,11H2,1H3,(H2,17,20). The van der Waals surface area contributed by atoms with Gasteiger partial charge < -0.3 is 10.3 Å². The quantitative estimate of drug-likeness (QED) is 0.860. The second-order valence-corrected chi connectivity index (χ2v) is 5.11. The fourth-order valence-corrected chi connectivity index (χ4v) is 2.32. The molecule has 0 spiro atoms. The molecule has 20 heavy (non-hydrogen) atoms. The van der Waals surface area contributed by atoms with E-state index in [0.29, 0.717) is 12.1 Å². The molecule has 0 saturated heterocycles. The second kappa shape index (κ2) is 6.48. The van der Waals surface area contributed by atoms with Crippen molar-refractivity contribution in [2.75, 3.05) is 0 Å². The Labute approximate surface area is 124 Å². The minimum absolute atomic E-state index is 0.104. The van der Waals surface area contributed by atoms with Crippen molar-refractivity contribution < 1.29 is 0 Å². The Morgan fingerprint density at radius 3 is 2.50 bits per heavy atom. The van der Waals surface area contributed by atoms with Crippen LogP contribution in [0.1, 0.15) is 25.3 Å². The summed E-state index contributed by atoms with van der Waals surface area (Å²) in [4.78, 5) is 12.7. The van der Waals surface area contributed by atoms with Gasteiger partial charge in [0.1, 0.15) is 4.99 Å². The molecule has 1 aromatic carbocycles. The van der Waals surface area contributed by atoms with Gasteiger partial charge in [-0.1, -0.05) is 55.9 Å². The van der Waals surface area contributed by atoms with E-state index in [9.17, 15) is 4.79 Å². The van der Waals surface area contributed by atoms with Crippen LogP contribution in [0.4, 0.5) is 0 Å². The van der Waals surface area contributed by atoms with Crippen LogP contribution in [0.3, 0.4) is 0 Å². The summed E-state index contributed by atoms with van der Waals surface area (Å²) >= 11 is 4.95. The van der Waals surface area contributed by atoms with Crippen LogP contribution in [0.15, 0.2) is 47.3 Å². The summed E-state index contributed by atoms with van der Waals surface area (Å²) in [5.74, 6) is 0. The summed E-state index contributed by atoms with van der Waals surface area (Å²) in [5, 5.41) is 0. The molecular formula is C16H18N2OS. The van der Waals surface area contributed by atoms with Crippen molar-refractivity contribution in [1.82, 2.24) is 4.57 Å². The van der Waals surface area contributed by atoms with E-state index in [0.717, 1.165) is 24.1 Å². The van der Waals surface area contributed by atoms with Gasteiger partial charge >= 0.3 is 0 Å². The number of hydrogen-bond acceptors (Lipinski definition) is 2. The number of aromatic nitrogens is 1. The molecule has 0 atom stereocenters. The van der Waals surface area contributed by atoms with Crippen LogP contribution in [0.2, 0.25) is 0 Å². The van der Waals surface area contributed by atoms with Crippen molar-refractivity contribution in [3.8, 4) is 11.3 Å². The van der Waals surface area contributed by atoms with Gasteiger partial charge in [-0.2, -0.15) is 0 Å². The van der Waals surface area contributed by atoms with E-state index in [1.807, 2.05) is 36.4 Å². The third-order valence-electron chi connectivity index (χ3n) is 3.24. The maximum absolute atomic E-state index is 12.5. The lowest BCUT2D eigenvalue weighted by molar-refractivity contribution is 0.618. The lowest BCUT2D eigenvalue weighted by Crippen LogP contribution is -2.30. The Bertz CT molecular complexity index is 662. The number of rotatable bonds is 5. The normalized spacial score (nSPS) is 10.4. The van der Waals surface area contributed by atoms with Crippen LogP contribution >= 0.6 is 12.2 Å². The van der Waals surface area contributed by atoms with Crippen molar-refractivity contribution in [2.24, 2.45) is 5.73 Å². The molecule has 0 saturated carbocycles. The van der Waals surface area contributed by atoms with E-state index in [1.54, 1.807) is 10.6 Å². The first-order chi connectivity index (χ1) is 9.65. The molecule has 3 nitrogen and oxygen atoms in total. The average molecular weight is 286 g/mol. The molecule has 2 rings (SSSR count). The highest BCUT2D eigenvalue weighted by Crippen LogP contribution is 2.18. The number of nitrogens with zero attached hydrogens (tertiary/aromatic N) is 1. The van der Waals surface area contributed by atoms with E-state index in [2.05, 4.69) is 6.92 Å².